The number of hydrogen-bond acceptors (Lipinski definition) is 3. The summed E-state index contributed by atoms with van der Waals surface area (Å²) in [4.78, 5) is 13.8. The Hall–Kier alpha value is -1.53. The number of halogens is 2. The van der Waals surface area contributed by atoms with Crippen molar-refractivity contribution in [2.24, 2.45) is 0 Å². The second-order valence-corrected chi connectivity index (χ2v) is 5.43. The van der Waals surface area contributed by atoms with Crippen molar-refractivity contribution in [2.45, 2.75) is 0 Å². The van der Waals surface area contributed by atoms with Gasteiger partial charge in [0.1, 0.15) is 4.32 Å². The first-order chi connectivity index (χ1) is 9.02. The van der Waals surface area contributed by atoms with Gasteiger partial charge in [-0.2, -0.15) is 0 Å². The average molecular weight is 297 g/mol. The quantitative estimate of drug-likeness (QED) is 0.485. The zero-order valence-corrected chi connectivity index (χ0v) is 11.4. The molecule has 1 aliphatic heterocycles. The van der Waals surface area contributed by atoms with Crippen molar-refractivity contribution in [2.75, 3.05) is 6.54 Å². The van der Waals surface area contributed by atoms with Gasteiger partial charge in [0.2, 0.25) is 0 Å². The van der Waals surface area contributed by atoms with Gasteiger partial charge in [-0.3, -0.25) is 9.69 Å². The van der Waals surface area contributed by atoms with E-state index >= 15 is 0 Å². The van der Waals surface area contributed by atoms with E-state index in [9.17, 15) is 13.6 Å². The Bertz CT molecular complexity index is 598. The zero-order chi connectivity index (χ0) is 14.0. The van der Waals surface area contributed by atoms with Crippen molar-refractivity contribution in [3.63, 3.8) is 0 Å². The topological polar surface area (TPSA) is 20.3 Å². The fraction of sp³-hybridized carbons (Fsp3) is 0.0769. The Balaban J connectivity index is 2.29. The lowest BCUT2D eigenvalue weighted by Crippen LogP contribution is -2.27. The van der Waals surface area contributed by atoms with Crippen LogP contribution in [-0.2, 0) is 4.79 Å². The van der Waals surface area contributed by atoms with Crippen molar-refractivity contribution >= 4 is 40.3 Å². The highest BCUT2D eigenvalue weighted by Crippen LogP contribution is 2.32. The van der Waals surface area contributed by atoms with Crippen LogP contribution in [0, 0.1) is 11.6 Å². The second kappa shape index (κ2) is 5.63. The van der Waals surface area contributed by atoms with E-state index in [1.807, 2.05) is 0 Å². The lowest BCUT2D eigenvalue weighted by molar-refractivity contribution is -0.121. The van der Waals surface area contributed by atoms with E-state index in [1.165, 1.54) is 17.0 Å². The first kappa shape index (κ1) is 13.9. The van der Waals surface area contributed by atoms with Crippen LogP contribution in [0.1, 0.15) is 5.56 Å². The molecule has 0 radical (unpaired) electrons. The predicted molar refractivity (Wildman–Crippen MR) is 76.4 cm³/mol. The number of thioether (sulfide) groups is 1. The smallest absolute Gasteiger partial charge is 0.266 e. The molecule has 1 amide bonds. The van der Waals surface area contributed by atoms with Crippen LogP contribution in [0.25, 0.3) is 6.08 Å². The summed E-state index contributed by atoms with van der Waals surface area (Å²) in [6, 6.07) is 3.46. The molecule has 1 aromatic rings. The van der Waals surface area contributed by atoms with Crippen molar-refractivity contribution in [1.82, 2.24) is 4.90 Å². The molecule has 0 unspecified atom stereocenters. The molecule has 0 saturated carbocycles. The van der Waals surface area contributed by atoms with Crippen LogP contribution in [0.4, 0.5) is 8.78 Å². The Morgan fingerprint density at radius 2 is 2.11 bits per heavy atom. The van der Waals surface area contributed by atoms with Gasteiger partial charge in [0.25, 0.3) is 5.91 Å². The number of nitrogens with zero attached hydrogens (tertiary/aromatic N) is 1. The molecule has 98 valence electrons. The molecule has 2 nitrogen and oxygen atoms in total. The molecule has 1 saturated heterocycles. The molecule has 1 fully saturated rings. The summed E-state index contributed by atoms with van der Waals surface area (Å²) in [6.45, 7) is 3.88. The van der Waals surface area contributed by atoms with E-state index in [1.54, 1.807) is 6.08 Å². The minimum Gasteiger partial charge on any atom is -0.289 e. The fourth-order valence-electron chi connectivity index (χ4n) is 1.54. The van der Waals surface area contributed by atoms with Crippen LogP contribution in [0.3, 0.4) is 0 Å². The summed E-state index contributed by atoms with van der Waals surface area (Å²) in [5, 5.41) is 0. The van der Waals surface area contributed by atoms with Crippen molar-refractivity contribution in [1.29, 1.82) is 0 Å². The fourth-order valence-corrected chi connectivity index (χ4v) is 2.82. The van der Waals surface area contributed by atoms with Crippen LogP contribution in [0.2, 0.25) is 0 Å². The molecule has 0 bridgehead atoms. The van der Waals surface area contributed by atoms with E-state index in [0.29, 0.717) is 21.3 Å². The van der Waals surface area contributed by atoms with Crippen LogP contribution in [0.15, 0.2) is 35.8 Å². The van der Waals surface area contributed by atoms with Gasteiger partial charge in [0.15, 0.2) is 11.6 Å². The van der Waals surface area contributed by atoms with Gasteiger partial charge >= 0.3 is 0 Å². The van der Waals surface area contributed by atoms with Gasteiger partial charge in [-0.05, 0) is 23.8 Å². The third-order valence-corrected chi connectivity index (χ3v) is 3.80. The standard InChI is InChI=1S/C13H9F2NOS2/c1-2-5-16-12(17)11(19-13(16)18)7-8-3-4-9(14)10(15)6-8/h2-4,6-7H,1,5H2/b11-7-. The largest absolute Gasteiger partial charge is 0.289 e. The lowest BCUT2D eigenvalue weighted by Gasteiger charge is -2.10. The lowest BCUT2D eigenvalue weighted by atomic mass is 10.2. The summed E-state index contributed by atoms with van der Waals surface area (Å²) in [6.07, 6.45) is 3.07. The maximum atomic E-state index is 13.1. The third kappa shape index (κ3) is 2.90. The van der Waals surface area contributed by atoms with Crippen molar-refractivity contribution < 1.29 is 13.6 Å². The summed E-state index contributed by atoms with van der Waals surface area (Å²) in [5.41, 5.74) is 0.415. The van der Waals surface area contributed by atoms with E-state index in [0.717, 1.165) is 23.9 Å². The normalized spacial score (nSPS) is 17.4. The van der Waals surface area contributed by atoms with Crippen LogP contribution in [-0.4, -0.2) is 21.7 Å². The monoisotopic (exact) mass is 297 g/mol. The molecule has 0 N–H and O–H groups in total. The van der Waals surface area contributed by atoms with Crippen LogP contribution >= 0.6 is 24.0 Å². The number of rotatable bonds is 3. The van der Waals surface area contributed by atoms with Gasteiger partial charge < -0.3 is 0 Å². The molecule has 1 heterocycles. The van der Waals surface area contributed by atoms with E-state index in [-0.39, 0.29) is 5.91 Å². The van der Waals surface area contributed by atoms with E-state index in [2.05, 4.69) is 6.58 Å². The number of amides is 1. The van der Waals surface area contributed by atoms with Crippen molar-refractivity contribution in [3.8, 4) is 0 Å². The highest BCUT2D eigenvalue weighted by atomic mass is 32.2. The number of hydrogen-bond donors (Lipinski definition) is 0. The predicted octanol–water partition coefficient (Wildman–Crippen LogP) is 3.35. The van der Waals surface area contributed by atoms with E-state index in [4.69, 9.17) is 12.2 Å². The Kier molecular flexibility index (Phi) is 4.11. The molecule has 6 heteroatoms. The Labute approximate surface area is 118 Å². The SMILES string of the molecule is C=CCN1C(=O)/C(=C/c2ccc(F)c(F)c2)SC1=S. The average Bonchev–Trinajstić information content (AvgIpc) is 2.62. The van der Waals surface area contributed by atoms with Crippen LogP contribution in [0.5, 0.6) is 0 Å². The highest BCUT2D eigenvalue weighted by Gasteiger charge is 2.30. The second-order valence-electron chi connectivity index (χ2n) is 3.75. The van der Waals surface area contributed by atoms with Gasteiger partial charge in [0.05, 0.1) is 4.91 Å². The number of carbonyl (C=O) groups excluding carboxylic acids is 1. The number of benzene rings is 1. The molecule has 1 aliphatic rings. The highest BCUT2D eigenvalue weighted by molar-refractivity contribution is 8.26. The van der Waals surface area contributed by atoms with Gasteiger partial charge in [-0.25, -0.2) is 8.78 Å². The molecule has 1 aromatic carbocycles. The number of thiocarbonyl (C=S) groups is 1. The summed E-state index contributed by atoms with van der Waals surface area (Å²) in [5.74, 6) is -2.12. The third-order valence-electron chi connectivity index (χ3n) is 2.43. The maximum Gasteiger partial charge on any atom is 0.266 e. The van der Waals surface area contributed by atoms with Crippen LogP contribution < -0.4 is 0 Å². The molecular formula is C13H9F2NOS2. The summed E-state index contributed by atoms with van der Waals surface area (Å²) in [7, 11) is 0. The molecular weight excluding hydrogens is 288 g/mol. The first-order valence-corrected chi connectivity index (χ1v) is 6.56. The Morgan fingerprint density at radius 3 is 2.74 bits per heavy atom. The van der Waals surface area contributed by atoms with Gasteiger partial charge in [-0.1, -0.05) is 36.1 Å². The molecule has 0 aromatic heterocycles. The van der Waals surface area contributed by atoms with Gasteiger partial charge in [-0.15, -0.1) is 6.58 Å². The number of carbonyl (C=O) groups is 1. The Morgan fingerprint density at radius 1 is 1.37 bits per heavy atom. The molecule has 19 heavy (non-hydrogen) atoms. The minimum atomic E-state index is -0.949. The van der Waals surface area contributed by atoms with E-state index < -0.39 is 11.6 Å². The zero-order valence-electron chi connectivity index (χ0n) is 9.73. The first-order valence-electron chi connectivity index (χ1n) is 5.34. The molecule has 0 atom stereocenters. The molecule has 0 aliphatic carbocycles. The van der Waals surface area contributed by atoms with Crippen molar-refractivity contribution in [3.05, 3.63) is 53.0 Å². The summed E-state index contributed by atoms with van der Waals surface area (Å²) < 4.78 is 26.3. The molecule has 2 rings (SSSR count). The van der Waals surface area contributed by atoms with Gasteiger partial charge in [0, 0.05) is 6.54 Å². The maximum absolute atomic E-state index is 13.1. The minimum absolute atomic E-state index is 0.250. The summed E-state index contributed by atoms with van der Waals surface area (Å²) >= 11 is 6.20. The molecule has 0 spiro atoms.